The van der Waals surface area contributed by atoms with Crippen molar-refractivity contribution < 1.29 is 15.0 Å². The van der Waals surface area contributed by atoms with Crippen molar-refractivity contribution in [3.8, 4) is 0 Å². The van der Waals surface area contributed by atoms with Gasteiger partial charge in [0.1, 0.15) is 23.9 Å². The summed E-state index contributed by atoms with van der Waals surface area (Å²) >= 11 is 6.20. The number of ketones is 1. The minimum atomic E-state index is -1.000. The average molecular weight is 427 g/mol. The largest absolute Gasteiger partial charge is 0.390 e. The Morgan fingerprint density at radius 1 is 1.27 bits per heavy atom. The van der Waals surface area contributed by atoms with Gasteiger partial charge in [0.15, 0.2) is 0 Å². The summed E-state index contributed by atoms with van der Waals surface area (Å²) in [6.45, 7) is 4.27. The Morgan fingerprint density at radius 3 is 2.80 bits per heavy atom. The molecule has 0 spiro atoms. The molecule has 0 bridgehead atoms. The number of hydrogen-bond donors (Lipinski definition) is 3. The first-order valence-electron chi connectivity index (χ1n) is 9.51. The van der Waals surface area contributed by atoms with Crippen LogP contribution in [-0.2, 0) is 6.54 Å². The third-order valence-corrected chi connectivity index (χ3v) is 5.61. The van der Waals surface area contributed by atoms with Crippen molar-refractivity contribution in [3.63, 3.8) is 0 Å². The van der Waals surface area contributed by atoms with Gasteiger partial charge >= 0.3 is 0 Å². The van der Waals surface area contributed by atoms with Crippen molar-refractivity contribution in [2.45, 2.75) is 31.2 Å². The van der Waals surface area contributed by atoms with E-state index in [-0.39, 0.29) is 28.8 Å². The molecule has 3 N–H and O–H groups in total. The number of rotatable bonds is 6. The molecule has 3 aromatic rings. The van der Waals surface area contributed by atoms with Gasteiger partial charge in [-0.3, -0.25) is 9.48 Å². The maximum atomic E-state index is 13.0. The second-order valence-electron chi connectivity index (χ2n) is 7.33. The first-order chi connectivity index (χ1) is 14.4. The van der Waals surface area contributed by atoms with E-state index in [2.05, 4.69) is 27.3 Å². The van der Waals surface area contributed by atoms with E-state index in [1.807, 2.05) is 18.2 Å². The predicted octanol–water partition coefficient (Wildman–Crippen LogP) is 1.96. The highest BCUT2D eigenvalue weighted by Gasteiger charge is 2.39. The van der Waals surface area contributed by atoms with E-state index in [4.69, 9.17) is 11.6 Å². The van der Waals surface area contributed by atoms with Crippen LogP contribution in [0, 0.1) is 12.8 Å². The van der Waals surface area contributed by atoms with Crippen molar-refractivity contribution in [1.29, 1.82) is 0 Å². The number of carbonyl (C=O) groups is 1. The molecule has 0 amide bonds. The highest BCUT2D eigenvalue weighted by molar-refractivity contribution is 6.31. The summed E-state index contributed by atoms with van der Waals surface area (Å²) in [5.41, 5.74) is 1.36. The molecule has 8 nitrogen and oxygen atoms in total. The third kappa shape index (κ3) is 4.07. The van der Waals surface area contributed by atoms with Crippen LogP contribution in [-0.4, -0.2) is 54.0 Å². The van der Waals surface area contributed by atoms with Crippen LogP contribution >= 0.6 is 11.6 Å². The quantitative estimate of drug-likeness (QED) is 0.516. The normalized spacial score (nSPS) is 23.5. The molecule has 0 aliphatic heterocycles. The Labute approximate surface area is 178 Å². The van der Waals surface area contributed by atoms with Crippen LogP contribution in [0.3, 0.4) is 0 Å². The fourth-order valence-electron chi connectivity index (χ4n) is 3.56. The standard InChI is InChI=1S/C21H21ClN5O3/c1-12-8-17(20(30)18(12)28)25-21-14(9-23-11-24-21)19(29)16-6-7-27(26-16)10-13-4-2-3-5-15(13)22/h2-7,9,11-12,17-18,20,28,30H,1,8,10H2,(H,23,24,25)/t12-,17-,18-,20+/m1/s1. The Hall–Kier alpha value is -2.81. The molecule has 1 aromatic carbocycles. The highest BCUT2D eigenvalue weighted by atomic mass is 35.5. The lowest BCUT2D eigenvalue weighted by Gasteiger charge is -2.19. The number of aliphatic hydroxyl groups is 2. The van der Waals surface area contributed by atoms with Gasteiger partial charge in [0.2, 0.25) is 5.78 Å². The molecule has 1 aliphatic carbocycles. The summed E-state index contributed by atoms with van der Waals surface area (Å²) in [6.07, 6.45) is 2.95. The van der Waals surface area contributed by atoms with Gasteiger partial charge in [-0.05, 0) is 37.0 Å². The van der Waals surface area contributed by atoms with Gasteiger partial charge in [-0.15, -0.1) is 0 Å². The van der Waals surface area contributed by atoms with Gasteiger partial charge in [-0.25, -0.2) is 9.97 Å². The number of anilines is 1. The van der Waals surface area contributed by atoms with E-state index in [0.29, 0.717) is 18.0 Å². The lowest BCUT2D eigenvalue weighted by Crippen LogP contribution is -2.35. The smallest absolute Gasteiger partial charge is 0.218 e. The van der Waals surface area contributed by atoms with Gasteiger partial charge < -0.3 is 15.5 Å². The Morgan fingerprint density at radius 2 is 2.07 bits per heavy atom. The first kappa shape index (κ1) is 20.5. The van der Waals surface area contributed by atoms with Gasteiger partial charge in [0.05, 0.1) is 24.3 Å². The monoisotopic (exact) mass is 426 g/mol. The summed E-state index contributed by atoms with van der Waals surface area (Å²) in [5, 5.41) is 28.2. The summed E-state index contributed by atoms with van der Waals surface area (Å²) in [5.74, 6) is -0.379. The van der Waals surface area contributed by atoms with E-state index >= 15 is 0 Å². The van der Waals surface area contributed by atoms with Crippen LogP contribution in [0.2, 0.25) is 5.02 Å². The zero-order valence-electron chi connectivity index (χ0n) is 16.0. The molecule has 4 atom stereocenters. The van der Waals surface area contributed by atoms with E-state index in [9.17, 15) is 15.0 Å². The number of nitrogens with zero attached hydrogens (tertiary/aromatic N) is 4. The van der Waals surface area contributed by atoms with E-state index in [1.165, 1.54) is 12.5 Å². The van der Waals surface area contributed by atoms with Crippen LogP contribution in [0.5, 0.6) is 0 Å². The summed E-state index contributed by atoms with van der Waals surface area (Å²) < 4.78 is 1.63. The average Bonchev–Trinajstić information content (AvgIpc) is 3.30. The molecule has 2 heterocycles. The topological polar surface area (TPSA) is 113 Å². The number of halogens is 1. The van der Waals surface area contributed by atoms with Crippen molar-refractivity contribution >= 4 is 23.2 Å². The zero-order valence-corrected chi connectivity index (χ0v) is 16.8. The van der Waals surface area contributed by atoms with Gasteiger partial charge in [-0.2, -0.15) is 5.10 Å². The van der Waals surface area contributed by atoms with Crippen LogP contribution in [0.1, 0.15) is 28.0 Å². The van der Waals surface area contributed by atoms with Gasteiger partial charge in [0, 0.05) is 17.4 Å². The Bertz CT molecular complexity index is 1060. The van der Waals surface area contributed by atoms with Crippen LogP contribution < -0.4 is 5.32 Å². The molecule has 0 unspecified atom stereocenters. The second-order valence-corrected chi connectivity index (χ2v) is 7.74. The molecule has 1 fully saturated rings. The lowest BCUT2D eigenvalue weighted by atomic mass is 10.1. The van der Waals surface area contributed by atoms with Crippen molar-refractivity contribution in [2.24, 2.45) is 5.92 Å². The number of aromatic nitrogens is 4. The molecule has 1 radical (unpaired) electrons. The number of aliphatic hydroxyl groups excluding tert-OH is 2. The third-order valence-electron chi connectivity index (χ3n) is 5.24. The van der Waals surface area contributed by atoms with Crippen molar-refractivity contribution in [1.82, 2.24) is 19.7 Å². The van der Waals surface area contributed by atoms with E-state index < -0.39 is 18.2 Å². The Balaban J connectivity index is 1.53. The highest BCUT2D eigenvalue weighted by Crippen LogP contribution is 2.29. The van der Waals surface area contributed by atoms with Crippen molar-refractivity contribution in [3.05, 3.63) is 77.8 Å². The molecule has 4 rings (SSSR count). The number of hydrogen-bond acceptors (Lipinski definition) is 7. The van der Waals surface area contributed by atoms with E-state index in [0.717, 1.165) is 5.56 Å². The molecule has 155 valence electrons. The van der Waals surface area contributed by atoms with Gasteiger partial charge in [-0.1, -0.05) is 29.8 Å². The van der Waals surface area contributed by atoms with Crippen LogP contribution in [0.4, 0.5) is 5.82 Å². The molecule has 9 heteroatoms. The number of benzene rings is 1. The minimum Gasteiger partial charge on any atom is -0.390 e. The maximum Gasteiger partial charge on any atom is 0.218 e. The molecule has 2 aromatic heterocycles. The van der Waals surface area contributed by atoms with Crippen molar-refractivity contribution in [2.75, 3.05) is 5.32 Å². The van der Waals surface area contributed by atoms with Crippen LogP contribution in [0.25, 0.3) is 0 Å². The SMILES string of the molecule is [CH2][C@@H]1C[C@@H](Nc2ncncc2C(=O)c2ccn(Cc3ccccc3Cl)n2)[C@H](O)[C@@H]1O. The van der Waals surface area contributed by atoms with Crippen LogP contribution in [0.15, 0.2) is 49.1 Å². The molecule has 30 heavy (non-hydrogen) atoms. The Kier molecular flexibility index (Phi) is 5.80. The predicted molar refractivity (Wildman–Crippen MR) is 111 cm³/mol. The molecule has 1 saturated carbocycles. The number of carbonyl (C=O) groups excluding carboxylic acids is 1. The molecule has 0 saturated heterocycles. The summed E-state index contributed by atoms with van der Waals surface area (Å²) in [4.78, 5) is 21.1. The summed E-state index contributed by atoms with van der Waals surface area (Å²) in [6, 6.07) is 8.59. The fraction of sp³-hybridized carbons (Fsp3) is 0.286. The summed E-state index contributed by atoms with van der Waals surface area (Å²) in [7, 11) is 0. The van der Waals surface area contributed by atoms with E-state index in [1.54, 1.807) is 23.0 Å². The van der Waals surface area contributed by atoms with Gasteiger partial charge in [0.25, 0.3) is 0 Å². The molecular formula is C21H21ClN5O3. The number of nitrogens with one attached hydrogen (secondary N) is 1. The second kappa shape index (κ2) is 8.51. The fourth-order valence-corrected chi connectivity index (χ4v) is 3.76. The minimum absolute atomic E-state index is 0.231. The molecule has 1 aliphatic rings. The first-order valence-corrected chi connectivity index (χ1v) is 9.89. The zero-order chi connectivity index (χ0) is 21.3. The lowest BCUT2D eigenvalue weighted by molar-refractivity contribution is 0.0256. The molecular weight excluding hydrogens is 406 g/mol. The maximum absolute atomic E-state index is 13.0.